The summed E-state index contributed by atoms with van der Waals surface area (Å²) in [6.45, 7) is 4.91. The van der Waals surface area contributed by atoms with Crippen LogP contribution in [0.15, 0.2) is 30.7 Å². The van der Waals surface area contributed by atoms with Crippen molar-refractivity contribution >= 4 is 17.4 Å². The standard InChI is InChI=1S/C19H19ClF3N3O2/c1-10-13(5-4-6-15(10)19(21,22)23)11(2)24-18-14(9-16-27-7-8-28-16)17(20)25-12(3)26-18/h4-8,11,16H,9H2,1-3H3,(H,24,25,26)/t11-/m1/s1. The molecule has 0 fully saturated rings. The molecule has 2 aromatic rings. The van der Waals surface area contributed by atoms with Gasteiger partial charge in [-0.3, -0.25) is 0 Å². The van der Waals surface area contributed by atoms with Gasteiger partial charge in [0.15, 0.2) is 0 Å². The molecule has 0 amide bonds. The second-order valence-corrected chi connectivity index (χ2v) is 6.81. The number of nitrogens with zero attached hydrogens (tertiary/aromatic N) is 2. The minimum atomic E-state index is -4.41. The number of rotatable bonds is 5. The lowest BCUT2D eigenvalue weighted by Crippen LogP contribution is -2.18. The van der Waals surface area contributed by atoms with Crippen LogP contribution in [0.1, 0.15) is 41.0 Å². The van der Waals surface area contributed by atoms with Gasteiger partial charge >= 0.3 is 6.18 Å². The normalized spacial score (nSPS) is 15.2. The molecule has 1 N–H and O–H groups in total. The highest BCUT2D eigenvalue weighted by atomic mass is 35.5. The number of ether oxygens (including phenoxy) is 2. The zero-order valence-electron chi connectivity index (χ0n) is 15.5. The van der Waals surface area contributed by atoms with Crippen LogP contribution in [0.4, 0.5) is 19.0 Å². The quantitative estimate of drug-likeness (QED) is 0.672. The molecule has 5 nitrogen and oxygen atoms in total. The Morgan fingerprint density at radius 3 is 2.50 bits per heavy atom. The summed E-state index contributed by atoms with van der Waals surface area (Å²) in [5.41, 5.74) is 0.593. The first-order valence-corrected chi connectivity index (χ1v) is 8.96. The number of hydrogen-bond acceptors (Lipinski definition) is 5. The Hall–Kier alpha value is -2.48. The predicted molar refractivity (Wildman–Crippen MR) is 98.8 cm³/mol. The van der Waals surface area contributed by atoms with Crippen molar-refractivity contribution in [1.82, 2.24) is 9.97 Å². The van der Waals surface area contributed by atoms with Crippen molar-refractivity contribution in [2.45, 2.75) is 45.7 Å². The minimum Gasteiger partial charge on any atom is -0.459 e. The van der Waals surface area contributed by atoms with Crippen molar-refractivity contribution in [3.63, 3.8) is 0 Å². The molecule has 0 unspecified atom stereocenters. The van der Waals surface area contributed by atoms with E-state index in [2.05, 4.69) is 15.3 Å². The molecule has 1 atom stereocenters. The first-order valence-electron chi connectivity index (χ1n) is 8.59. The number of halogens is 4. The molecule has 0 saturated heterocycles. The summed E-state index contributed by atoms with van der Waals surface area (Å²) in [6.07, 6.45) is -1.84. The van der Waals surface area contributed by atoms with Crippen LogP contribution in [0.3, 0.4) is 0 Å². The summed E-state index contributed by atoms with van der Waals surface area (Å²) in [4.78, 5) is 8.54. The van der Waals surface area contributed by atoms with Crippen molar-refractivity contribution in [3.05, 3.63) is 64.0 Å². The minimum absolute atomic E-state index is 0.167. The van der Waals surface area contributed by atoms with Gasteiger partial charge in [-0.25, -0.2) is 9.97 Å². The van der Waals surface area contributed by atoms with Crippen molar-refractivity contribution in [2.24, 2.45) is 0 Å². The van der Waals surface area contributed by atoms with Gasteiger partial charge in [0, 0.05) is 5.56 Å². The van der Waals surface area contributed by atoms with Crippen molar-refractivity contribution in [1.29, 1.82) is 0 Å². The molecular weight excluding hydrogens is 395 g/mol. The van der Waals surface area contributed by atoms with Gasteiger partial charge in [-0.05, 0) is 38.0 Å². The summed E-state index contributed by atoms with van der Waals surface area (Å²) in [7, 11) is 0. The van der Waals surface area contributed by atoms with E-state index in [1.807, 2.05) is 0 Å². The Balaban J connectivity index is 1.91. The molecular formula is C19H19ClF3N3O2. The summed E-state index contributed by atoms with van der Waals surface area (Å²) in [6, 6.07) is 3.68. The fraction of sp³-hybridized carbons (Fsp3) is 0.368. The fourth-order valence-corrected chi connectivity index (χ4v) is 3.40. The van der Waals surface area contributed by atoms with E-state index < -0.39 is 24.1 Å². The second kappa shape index (κ2) is 7.87. The number of hydrogen-bond donors (Lipinski definition) is 1. The Labute approximate surface area is 165 Å². The molecule has 0 saturated carbocycles. The lowest BCUT2D eigenvalue weighted by Gasteiger charge is -2.22. The van der Waals surface area contributed by atoms with E-state index in [0.29, 0.717) is 22.8 Å². The van der Waals surface area contributed by atoms with E-state index in [1.165, 1.54) is 25.5 Å². The lowest BCUT2D eigenvalue weighted by molar-refractivity contribution is -0.138. The van der Waals surface area contributed by atoms with Gasteiger partial charge in [0.25, 0.3) is 0 Å². The molecule has 0 spiro atoms. The molecule has 3 rings (SSSR count). The molecule has 28 heavy (non-hydrogen) atoms. The molecule has 150 valence electrons. The highest BCUT2D eigenvalue weighted by Crippen LogP contribution is 2.35. The second-order valence-electron chi connectivity index (χ2n) is 6.45. The van der Waals surface area contributed by atoms with Crippen LogP contribution < -0.4 is 5.32 Å². The summed E-state index contributed by atoms with van der Waals surface area (Å²) in [5, 5.41) is 3.41. The van der Waals surface area contributed by atoms with Gasteiger partial charge in [-0.1, -0.05) is 23.7 Å². The van der Waals surface area contributed by atoms with Crippen molar-refractivity contribution in [2.75, 3.05) is 5.32 Å². The van der Waals surface area contributed by atoms with Gasteiger partial charge in [0.05, 0.1) is 18.0 Å². The first-order chi connectivity index (χ1) is 13.2. The largest absolute Gasteiger partial charge is 0.459 e. The molecule has 1 aliphatic heterocycles. The number of anilines is 1. The van der Waals surface area contributed by atoms with E-state index in [0.717, 1.165) is 6.07 Å². The smallest absolute Gasteiger partial charge is 0.416 e. The number of benzene rings is 1. The number of alkyl halides is 3. The van der Waals surface area contributed by atoms with Crippen LogP contribution in [-0.2, 0) is 22.1 Å². The summed E-state index contributed by atoms with van der Waals surface area (Å²) in [5.74, 6) is 0.872. The SMILES string of the molecule is Cc1nc(Cl)c(CC2OC=CO2)c(N[C@H](C)c2cccc(C(F)(F)F)c2C)n1. The molecule has 0 bridgehead atoms. The average Bonchev–Trinajstić information content (AvgIpc) is 3.10. The zero-order chi connectivity index (χ0) is 20.5. The van der Waals surface area contributed by atoms with Crippen LogP contribution in [0, 0.1) is 13.8 Å². The van der Waals surface area contributed by atoms with E-state index >= 15 is 0 Å². The fourth-order valence-electron chi connectivity index (χ4n) is 3.11. The Bertz CT molecular complexity index is 895. The molecule has 0 aliphatic carbocycles. The lowest BCUT2D eigenvalue weighted by atomic mass is 9.97. The molecule has 1 aromatic carbocycles. The Morgan fingerprint density at radius 2 is 1.86 bits per heavy atom. The molecule has 9 heteroatoms. The maximum atomic E-state index is 13.2. The molecule has 1 aromatic heterocycles. The van der Waals surface area contributed by atoms with E-state index in [1.54, 1.807) is 19.9 Å². The molecule has 0 radical (unpaired) electrons. The van der Waals surface area contributed by atoms with Crippen LogP contribution in [0.5, 0.6) is 0 Å². The molecule has 2 heterocycles. The van der Waals surface area contributed by atoms with Crippen LogP contribution in [0.2, 0.25) is 5.15 Å². The summed E-state index contributed by atoms with van der Waals surface area (Å²) >= 11 is 6.29. The summed E-state index contributed by atoms with van der Waals surface area (Å²) < 4.78 is 50.3. The predicted octanol–water partition coefficient (Wildman–Crippen LogP) is 5.33. The van der Waals surface area contributed by atoms with E-state index in [4.69, 9.17) is 21.1 Å². The van der Waals surface area contributed by atoms with Gasteiger partial charge in [0.1, 0.15) is 29.3 Å². The third-order valence-electron chi connectivity index (χ3n) is 4.46. The van der Waals surface area contributed by atoms with Crippen LogP contribution in [-0.4, -0.2) is 16.3 Å². The number of nitrogens with one attached hydrogen (secondary N) is 1. The average molecular weight is 414 g/mol. The molecule has 1 aliphatic rings. The van der Waals surface area contributed by atoms with Crippen LogP contribution in [0.25, 0.3) is 0 Å². The van der Waals surface area contributed by atoms with Gasteiger partial charge in [-0.2, -0.15) is 13.2 Å². The number of aromatic nitrogens is 2. The Kier molecular flexibility index (Phi) is 5.69. The van der Waals surface area contributed by atoms with E-state index in [9.17, 15) is 13.2 Å². The van der Waals surface area contributed by atoms with Gasteiger partial charge in [0.2, 0.25) is 6.29 Å². The van der Waals surface area contributed by atoms with Crippen molar-refractivity contribution in [3.8, 4) is 0 Å². The van der Waals surface area contributed by atoms with E-state index in [-0.39, 0.29) is 17.1 Å². The third-order valence-corrected chi connectivity index (χ3v) is 4.77. The maximum absolute atomic E-state index is 13.2. The highest BCUT2D eigenvalue weighted by Gasteiger charge is 2.33. The Morgan fingerprint density at radius 1 is 1.18 bits per heavy atom. The van der Waals surface area contributed by atoms with Crippen molar-refractivity contribution < 1.29 is 22.6 Å². The first kappa shape index (κ1) is 20.3. The van der Waals surface area contributed by atoms with Gasteiger partial charge in [-0.15, -0.1) is 0 Å². The zero-order valence-corrected chi connectivity index (χ0v) is 16.2. The third kappa shape index (κ3) is 4.32. The monoisotopic (exact) mass is 413 g/mol. The van der Waals surface area contributed by atoms with Crippen LogP contribution >= 0.6 is 11.6 Å². The highest BCUT2D eigenvalue weighted by molar-refractivity contribution is 6.30. The topological polar surface area (TPSA) is 56.3 Å². The van der Waals surface area contributed by atoms with Gasteiger partial charge < -0.3 is 14.8 Å². The maximum Gasteiger partial charge on any atom is 0.416 e. The number of aryl methyl sites for hydroxylation is 1.